The third-order valence-electron chi connectivity index (χ3n) is 7.62. The van der Waals surface area contributed by atoms with Crippen LogP contribution < -0.4 is 0 Å². The van der Waals surface area contributed by atoms with E-state index in [2.05, 4.69) is 102 Å². The standard InChI is InChI=1S/C25H52O5Si3/c1-23(2,3)31(10,11)28-20(22(27)30-33(14,15)25(7,8)9)18-16-17-19-21(26)29-32(12,13)24(4,5)6/h18H,16-17,19H2,1-15H3/b20-18-. The van der Waals surface area contributed by atoms with Gasteiger partial charge in [-0.05, 0) is 73.3 Å². The quantitative estimate of drug-likeness (QED) is 0.134. The summed E-state index contributed by atoms with van der Waals surface area (Å²) in [5.74, 6) is -0.245. The minimum Gasteiger partial charge on any atom is -0.539 e. The Morgan fingerprint density at radius 3 is 1.39 bits per heavy atom. The second-order valence-electron chi connectivity index (χ2n) is 13.7. The van der Waals surface area contributed by atoms with Crippen LogP contribution in [0, 0.1) is 0 Å². The van der Waals surface area contributed by atoms with Gasteiger partial charge in [0.25, 0.3) is 30.9 Å². The van der Waals surface area contributed by atoms with E-state index >= 15 is 0 Å². The van der Waals surface area contributed by atoms with Gasteiger partial charge in [-0.1, -0.05) is 62.3 Å². The van der Waals surface area contributed by atoms with Crippen molar-refractivity contribution >= 4 is 36.9 Å². The zero-order chi connectivity index (χ0) is 26.7. The van der Waals surface area contributed by atoms with Crippen molar-refractivity contribution in [2.75, 3.05) is 0 Å². The van der Waals surface area contributed by atoms with Crippen molar-refractivity contribution in [3.8, 4) is 0 Å². The maximum absolute atomic E-state index is 13.2. The molecule has 0 aliphatic carbocycles. The van der Waals surface area contributed by atoms with Crippen LogP contribution in [0.3, 0.4) is 0 Å². The molecule has 8 heteroatoms. The summed E-state index contributed by atoms with van der Waals surface area (Å²) in [5.41, 5.74) is 0. The average Bonchev–Trinajstić information content (AvgIpc) is 2.53. The summed E-state index contributed by atoms with van der Waals surface area (Å²) in [6.45, 7) is 31.6. The van der Waals surface area contributed by atoms with Gasteiger partial charge in [0.15, 0.2) is 5.76 Å². The SMILES string of the molecule is CC(C)(C)[Si](C)(C)OC(=O)CCC/C=C(\O[Si](C)(C)C(C)(C)C)C(=O)O[Si](C)(C)C(C)(C)C. The van der Waals surface area contributed by atoms with Gasteiger partial charge in [0.2, 0.25) is 0 Å². The Hall–Kier alpha value is -0.869. The zero-order valence-electron chi connectivity index (χ0n) is 24.2. The number of carbonyl (C=O) groups is 2. The van der Waals surface area contributed by atoms with E-state index in [0.717, 1.165) is 0 Å². The van der Waals surface area contributed by atoms with Gasteiger partial charge in [0.05, 0.1) is 0 Å². The molecule has 0 N–H and O–H groups in total. The van der Waals surface area contributed by atoms with Crippen LogP contribution in [0.5, 0.6) is 0 Å². The van der Waals surface area contributed by atoms with Gasteiger partial charge in [-0.2, -0.15) is 0 Å². The predicted molar refractivity (Wildman–Crippen MR) is 147 cm³/mol. The molecule has 5 nitrogen and oxygen atoms in total. The van der Waals surface area contributed by atoms with Gasteiger partial charge in [0.1, 0.15) is 0 Å². The average molecular weight is 517 g/mol. The van der Waals surface area contributed by atoms with Gasteiger partial charge < -0.3 is 13.3 Å². The Kier molecular flexibility index (Phi) is 10.5. The summed E-state index contributed by atoms with van der Waals surface area (Å²) >= 11 is 0. The fraction of sp³-hybridized carbons (Fsp3) is 0.840. The fourth-order valence-electron chi connectivity index (χ4n) is 2.00. The molecule has 0 aromatic rings. The van der Waals surface area contributed by atoms with E-state index in [1.165, 1.54) is 0 Å². The summed E-state index contributed by atoms with van der Waals surface area (Å²) in [6, 6.07) is 0. The Labute approximate surface area is 207 Å². The van der Waals surface area contributed by atoms with E-state index < -0.39 is 25.0 Å². The lowest BCUT2D eigenvalue weighted by atomic mass is 10.2. The highest BCUT2D eigenvalue weighted by Gasteiger charge is 2.44. The van der Waals surface area contributed by atoms with Crippen molar-refractivity contribution < 1.29 is 22.9 Å². The number of unbranched alkanes of at least 4 members (excludes halogenated alkanes) is 1. The minimum atomic E-state index is -2.29. The first-order valence-electron chi connectivity index (χ1n) is 12.2. The molecule has 0 heterocycles. The molecule has 33 heavy (non-hydrogen) atoms. The van der Waals surface area contributed by atoms with Crippen LogP contribution in [-0.2, 0) is 22.9 Å². The molecule has 0 spiro atoms. The molecule has 0 unspecified atom stereocenters. The van der Waals surface area contributed by atoms with E-state index in [9.17, 15) is 9.59 Å². The fourth-order valence-corrected chi connectivity index (χ4v) is 4.87. The molecule has 0 rings (SSSR count). The van der Waals surface area contributed by atoms with Crippen LogP contribution >= 0.6 is 0 Å². The summed E-state index contributed by atoms with van der Waals surface area (Å²) in [6.07, 6.45) is 3.30. The maximum Gasteiger partial charge on any atom is 0.358 e. The molecule has 0 saturated carbocycles. The molecule has 0 aromatic heterocycles. The topological polar surface area (TPSA) is 61.8 Å². The van der Waals surface area contributed by atoms with Crippen molar-refractivity contribution in [2.24, 2.45) is 0 Å². The predicted octanol–water partition coefficient (Wildman–Crippen LogP) is 8.16. The number of hydrogen-bond donors (Lipinski definition) is 0. The molecular formula is C25H52O5Si3. The smallest absolute Gasteiger partial charge is 0.358 e. The van der Waals surface area contributed by atoms with E-state index in [1.54, 1.807) is 0 Å². The molecule has 0 amide bonds. The Bertz CT molecular complexity index is 718. The Balaban J connectivity index is 5.47. The zero-order valence-corrected chi connectivity index (χ0v) is 27.2. The highest BCUT2D eigenvalue weighted by molar-refractivity contribution is 6.76. The van der Waals surface area contributed by atoms with Crippen molar-refractivity contribution in [3.63, 3.8) is 0 Å². The third-order valence-corrected chi connectivity index (χ3v) is 20.6. The molecular weight excluding hydrogens is 465 g/mol. The largest absolute Gasteiger partial charge is 0.539 e. The summed E-state index contributed by atoms with van der Waals surface area (Å²) in [5, 5.41) is -0.144. The summed E-state index contributed by atoms with van der Waals surface area (Å²) < 4.78 is 18.3. The molecule has 0 bridgehead atoms. The second-order valence-corrected chi connectivity index (χ2v) is 27.9. The first-order chi connectivity index (χ1) is 14.3. The lowest BCUT2D eigenvalue weighted by molar-refractivity contribution is -0.135. The van der Waals surface area contributed by atoms with Crippen LogP contribution in [0.25, 0.3) is 0 Å². The van der Waals surface area contributed by atoms with Gasteiger partial charge in [-0.15, -0.1) is 0 Å². The second kappa shape index (κ2) is 10.8. The van der Waals surface area contributed by atoms with Crippen molar-refractivity contribution in [1.29, 1.82) is 0 Å². The molecule has 0 fully saturated rings. The first kappa shape index (κ1) is 32.1. The Morgan fingerprint density at radius 2 is 1.00 bits per heavy atom. The number of hydrogen-bond acceptors (Lipinski definition) is 5. The van der Waals surface area contributed by atoms with Crippen LogP contribution in [0.4, 0.5) is 0 Å². The van der Waals surface area contributed by atoms with Crippen molar-refractivity contribution in [3.05, 3.63) is 11.8 Å². The van der Waals surface area contributed by atoms with Crippen LogP contribution in [-0.4, -0.2) is 36.9 Å². The number of allylic oxidation sites excluding steroid dienone is 1. The highest BCUT2D eigenvalue weighted by Crippen LogP contribution is 2.40. The lowest BCUT2D eigenvalue weighted by Crippen LogP contribution is -2.45. The minimum absolute atomic E-state index is 0.0136. The van der Waals surface area contributed by atoms with Gasteiger partial charge in [-0.25, -0.2) is 4.79 Å². The molecule has 0 radical (unpaired) electrons. The van der Waals surface area contributed by atoms with E-state index in [1.807, 2.05) is 6.08 Å². The van der Waals surface area contributed by atoms with Gasteiger partial charge in [-0.3, -0.25) is 4.79 Å². The Morgan fingerprint density at radius 1 is 0.636 bits per heavy atom. The summed E-state index contributed by atoms with van der Waals surface area (Å²) in [7, 11) is -6.63. The highest BCUT2D eigenvalue weighted by atomic mass is 28.4. The first-order valence-corrected chi connectivity index (χ1v) is 20.9. The third kappa shape index (κ3) is 9.72. The number of carbonyl (C=O) groups excluding carboxylic acids is 2. The van der Waals surface area contributed by atoms with Crippen LogP contribution in [0.2, 0.25) is 54.4 Å². The van der Waals surface area contributed by atoms with Crippen molar-refractivity contribution in [2.45, 2.75) is 136 Å². The number of rotatable bonds is 9. The molecule has 0 atom stereocenters. The van der Waals surface area contributed by atoms with Gasteiger partial charge in [0, 0.05) is 6.42 Å². The molecule has 0 saturated heterocycles. The van der Waals surface area contributed by atoms with Crippen molar-refractivity contribution in [1.82, 2.24) is 0 Å². The van der Waals surface area contributed by atoms with E-state index in [-0.39, 0.29) is 27.1 Å². The normalized spacial score (nSPS) is 14.7. The van der Waals surface area contributed by atoms with E-state index in [0.29, 0.717) is 25.0 Å². The van der Waals surface area contributed by atoms with Crippen LogP contribution in [0.15, 0.2) is 11.8 Å². The summed E-state index contributed by atoms with van der Waals surface area (Å²) in [4.78, 5) is 25.6. The lowest BCUT2D eigenvalue weighted by Gasteiger charge is -2.39. The van der Waals surface area contributed by atoms with Crippen LogP contribution in [0.1, 0.15) is 81.6 Å². The maximum atomic E-state index is 13.2. The molecule has 0 aromatic carbocycles. The van der Waals surface area contributed by atoms with E-state index in [4.69, 9.17) is 13.3 Å². The monoisotopic (exact) mass is 516 g/mol. The molecule has 0 aliphatic heterocycles. The molecule has 194 valence electrons. The molecule has 0 aliphatic rings. The van der Waals surface area contributed by atoms with Gasteiger partial charge >= 0.3 is 5.97 Å².